The van der Waals surface area contributed by atoms with Gasteiger partial charge in [0.05, 0.1) is 11.4 Å². The van der Waals surface area contributed by atoms with E-state index in [2.05, 4.69) is 98.7 Å². The van der Waals surface area contributed by atoms with E-state index in [9.17, 15) is 0 Å². The van der Waals surface area contributed by atoms with Crippen LogP contribution in [0.3, 0.4) is 0 Å². The molecule has 0 aromatic heterocycles. The number of hydrogen-bond donors (Lipinski definition) is 1. The third-order valence-electron chi connectivity index (χ3n) is 5.20. The number of nitrogens with one attached hydrogen (secondary N) is 1. The molecule has 0 saturated heterocycles. The van der Waals surface area contributed by atoms with Gasteiger partial charge >= 0.3 is 0 Å². The Morgan fingerprint density at radius 3 is 2.04 bits per heavy atom. The van der Waals surface area contributed by atoms with Crippen LogP contribution in [0.15, 0.2) is 78.9 Å². The fourth-order valence-electron chi connectivity index (χ4n) is 3.21. The molecule has 134 valence electrons. The Bertz CT molecular complexity index is 853. The topological polar surface area (TPSA) is 15.3 Å². The van der Waals surface area contributed by atoms with Crippen LogP contribution < -0.4 is 10.2 Å². The minimum atomic E-state index is 0.132. The van der Waals surface area contributed by atoms with Crippen LogP contribution in [0.2, 0.25) is 0 Å². The lowest BCUT2D eigenvalue weighted by Crippen LogP contribution is -2.21. The summed E-state index contributed by atoms with van der Waals surface area (Å²) in [5.74, 6) is 0. The van der Waals surface area contributed by atoms with Crippen LogP contribution in [-0.4, -0.2) is 7.05 Å². The van der Waals surface area contributed by atoms with Crippen molar-refractivity contribution in [3.8, 4) is 0 Å². The molecule has 3 aromatic rings. The summed E-state index contributed by atoms with van der Waals surface area (Å²) >= 11 is 0. The van der Waals surface area contributed by atoms with Gasteiger partial charge in [-0.05, 0) is 47.7 Å². The maximum Gasteiger partial charge on any atom is 0.0647 e. The lowest BCUT2D eigenvalue weighted by molar-refractivity contribution is 0.507. The first-order valence-electron chi connectivity index (χ1n) is 9.27. The lowest BCUT2D eigenvalue weighted by Gasteiger charge is -2.31. The number of para-hydroxylation sites is 4. The molecule has 0 bridgehead atoms. The molecule has 3 aromatic carbocycles. The van der Waals surface area contributed by atoms with Crippen molar-refractivity contribution < 1.29 is 0 Å². The predicted octanol–water partition coefficient (Wildman–Crippen LogP) is 6.89. The summed E-state index contributed by atoms with van der Waals surface area (Å²) in [6.07, 6.45) is 1.10. The van der Waals surface area contributed by atoms with Gasteiger partial charge in [0.25, 0.3) is 0 Å². The van der Waals surface area contributed by atoms with Crippen molar-refractivity contribution in [2.45, 2.75) is 32.6 Å². The van der Waals surface area contributed by atoms with E-state index in [1.807, 2.05) is 18.2 Å². The molecule has 0 atom stereocenters. The molecule has 0 aliphatic carbocycles. The standard InChI is InChI=1S/C24H28N2/c1-5-24(2,3)20-15-9-11-17-22(20)26(4)23-18-12-10-16-21(23)25-19-13-7-6-8-14-19/h6-18,25H,5H2,1-4H3. The zero-order chi connectivity index (χ0) is 18.6. The molecular weight excluding hydrogens is 316 g/mol. The number of benzene rings is 3. The first-order chi connectivity index (χ1) is 12.5. The van der Waals surface area contributed by atoms with E-state index in [0.29, 0.717) is 0 Å². The second-order valence-corrected chi connectivity index (χ2v) is 7.32. The molecular formula is C24H28N2. The predicted molar refractivity (Wildman–Crippen MR) is 114 cm³/mol. The van der Waals surface area contributed by atoms with Gasteiger partial charge in [-0.3, -0.25) is 0 Å². The van der Waals surface area contributed by atoms with Crippen molar-refractivity contribution in [1.29, 1.82) is 0 Å². The van der Waals surface area contributed by atoms with Crippen molar-refractivity contribution in [2.24, 2.45) is 0 Å². The highest BCUT2D eigenvalue weighted by molar-refractivity contribution is 5.80. The average Bonchev–Trinajstić information content (AvgIpc) is 2.69. The zero-order valence-corrected chi connectivity index (χ0v) is 16.2. The summed E-state index contributed by atoms with van der Waals surface area (Å²) < 4.78 is 0. The van der Waals surface area contributed by atoms with Gasteiger partial charge in [-0.2, -0.15) is 0 Å². The summed E-state index contributed by atoms with van der Waals surface area (Å²) in [4.78, 5) is 2.29. The van der Waals surface area contributed by atoms with Crippen LogP contribution >= 0.6 is 0 Å². The highest BCUT2D eigenvalue weighted by atomic mass is 15.1. The molecule has 0 aliphatic heterocycles. The first-order valence-corrected chi connectivity index (χ1v) is 9.27. The number of anilines is 4. The Labute approximate surface area is 157 Å². The SMILES string of the molecule is CCC(C)(C)c1ccccc1N(C)c1ccccc1Nc1ccccc1. The molecule has 0 fully saturated rings. The molecule has 0 heterocycles. The third kappa shape index (κ3) is 3.75. The molecule has 0 radical (unpaired) electrons. The van der Waals surface area contributed by atoms with E-state index in [0.717, 1.165) is 23.5 Å². The van der Waals surface area contributed by atoms with Gasteiger partial charge in [0.2, 0.25) is 0 Å². The van der Waals surface area contributed by atoms with Crippen molar-refractivity contribution in [1.82, 2.24) is 0 Å². The highest BCUT2D eigenvalue weighted by Crippen LogP contribution is 2.39. The summed E-state index contributed by atoms with van der Waals surface area (Å²) in [6.45, 7) is 6.88. The molecule has 2 heteroatoms. The quantitative estimate of drug-likeness (QED) is 0.524. The molecule has 1 N–H and O–H groups in total. The zero-order valence-electron chi connectivity index (χ0n) is 16.2. The van der Waals surface area contributed by atoms with Crippen LogP contribution in [0.5, 0.6) is 0 Å². The maximum atomic E-state index is 3.55. The van der Waals surface area contributed by atoms with Crippen molar-refractivity contribution >= 4 is 22.7 Å². The maximum absolute atomic E-state index is 3.55. The van der Waals surface area contributed by atoms with E-state index in [-0.39, 0.29) is 5.41 Å². The van der Waals surface area contributed by atoms with E-state index in [4.69, 9.17) is 0 Å². The Hall–Kier alpha value is -2.74. The second kappa shape index (κ2) is 7.65. The van der Waals surface area contributed by atoms with Crippen LogP contribution in [0, 0.1) is 0 Å². The summed E-state index contributed by atoms with van der Waals surface area (Å²) in [7, 11) is 2.15. The Morgan fingerprint density at radius 2 is 1.35 bits per heavy atom. The smallest absolute Gasteiger partial charge is 0.0647 e. The number of rotatable bonds is 6. The first kappa shape index (κ1) is 18.1. The molecule has 0 aliphatic rings. The molecule has 2 nitrogen and oxygen atoms in total. The van der Waals surface area contributed by atoms with E-state index in [1.165, 1.54) is 11.3 Å². The number of hydrogen-bond acceptors (Lipinski definition) is 2. The Balaban J connectivity index is 2.01. The van der Waals surface area contributed by atoms with E-state index < -0.39 is 0 Å². The molecule has 0 spiro atoms. The van der Waals surface area contributed by atoms with Gasteiger partial charge in [-0.25, -0.2) is 0 Å². The van der Waals surface area contributed by atoms with Gasteiger partial charge in [0, 0.05) is 18.4 Å². The van der Waals surface area contributed by atoms with Gasteiger partial charge in [-0.1, -0.05) is 69.3 Å². The van der Waals surface area contributed by atoms with Crippen LogP contribution in [0.4, 0.5) is 22.7 Å². The Morgan fingerprint density at radius 1 is 0.769 bits per heavy atom. The molecule has 0 unspecified atom stereocenters. The van der Waals surface area contributed by atoms with E-state index >= 15 is 0 Å². The average molecular weight is 345 g/mol. The van der Waals surface area contributed by atoms with Gasteiger partial charge in [0.1, 0.15) is 0 Å². The summed E-state index contributed by atoms with van der Waals surface area (Å²) in [5.41, 5.74) is 6.12. The normalized spacial score (nSPS) is 11.2. The summed E-state index contributed by atoms with van der Waals surface area (Å²) in [6, 6.07) is 27.5. The van der Waals surface area contributed by atoms with Crippen molar-refractivity contribution in [3.05, 3.63) is 84.4 Å². The highest BCUT2D eigenvalue weighted by Gasteiger charge is 2.23. The van der Waals surface area contributed by atoms with Gasteiger partial charge in [-0.15, -0.1) is 0 Å². The van der Waals surface area contributed by atoms with Crippen molar-refractivity contribution in [3.63, 3.8) is 0 Å². The number of nitrogens with zero attached hydrogens (tertiary/aromatic N) is 1. The molecule has 3 rings (SSSR count). The minimum absolute atomic E-state index is 0.132. The largest absolute Gasteiger partial charge is 0.354 e. The van der Waals surface area contributed by atoms with Crippen LogP contribution in [-0.2, 0) is 5.41 Å². The van der Waals surface area contributed by atoms with Crippen LogP contribution in [0.25, 0.3) is 0 Å². The lowest BCUT2D eigenvalue weighted by atomic mass is 9.81. The minimum Gasteiger partial charge on any atom is -0.354 e. The molecule has 0 saturated carbocycles. The van der Waals surface area contributed by atoms with E-state index in [1.54, 1.807) is 0 Å². The van der Waals surface area contributed by atoms with Gasteiger partial charge in [0.15, 0.2) is 0 Å². The Kier molecular flexibility index (Phi) is 5.32. The fourth-order valence-corrected chi connectivity index (χ4v) is 3.21. The summed E-state index contributed by atoms with van der Waals surface area (Å²) in [5, 5.41) is 3.55. The third-order valence-corrected chi connectivity index (χ3v) is 5.20. The fraction of sp³-hybridized carbons (Fsp3) is 0.250. The van der Waals surface area contributed by atoms with Crippen LogP contribution in [0.1, 0.15) is 32.8 Å². The second-order valence-electron chi connectivity index (χ2n) is 7.32. The van der Waals surface area contributed by atoms with Crippen molar-refractivity contribution in [2.75, 3.05) is 17.3 Å². The molecule has 0 amide bonds. The molecule has 26 heavy (non-hydrogen) atoms. The van der Waals surface area contributed by atoms with Gasteiger partial charge < -0.3 is 10.2 Å². The monoisotopic (exact) mass is 344 g/mol.